The zero-order chi connectivity index (χ0) is 12.0. The second-order valence-corrected chi connectivity index (χ2v) is 3.85. The second-order valence-electron chi connectivity index (χ2n) is 3.85. The highest BCUT2D eigenvalue weighted by Gasteiger charge is 2.06. The maximum Gasteiger partial charge on any atom is 0.254 e. The number of carbonyl (C=O) groups is 1. The highest BCUT2D eigenvalue weighted by atomic mass is 16.1. The van der Waals surface area contributed by atoms with Crippen molar-refractivity contribution in [1.82, 2.24) is 15.3 Å². The van der Waals surface area contributed by atoms with E-state index in [1.54, 1.807) is 0 Å². The molecular formula is C11H18N4O. The Bertz CT molecular complexity index is 334. The molecule has 88 valence electrons. The molecule has 1 heterocycles. The molecular weight excluding hydrogens is 204 g/mol. The molecule has 0 aliphatic heterocycles. The summed E-state index contributed by atoms with van der Waals surface area (Å²) in [4.78, 5) is 19.7. The maximum absolute atomic E-state index is 11.5. The van der Waals surface area contributed by atoms with Crippen molar-refractivity contribution in [2.45, 2.75) is 33.2 Å². The molecule has 0 saturated carbocycles. The fourth-order valence-corrected chi connectivity index (χ4v) is 1.12. The molecule has 0 aliphatic rings. The lowest BCUT2D eigenvalue weighted by molar-refractivity contribution is 0.0953. The lowest BCUT2D eigenvalue weighted by Crippen LogP contribution is -2.24. The van der Waals surface area contributed by atoms with E-state index in [1.165, 1.54) is 12.4 Å². The first-order valence-electron chi connectivity index (χ1n) is 5.50. The van der Waals surface area contributed by atoms with E-state index in [0.717, 1.165) is 6.42 Å². The smallest absolute Gasteiger partial charge is 0.254 e. The predicted molar refractivity (Wildman–Crippen MR) is 63.4 cm³/mol. The van der Waals surface area contributed by atoms with E-state index in [9.17, 15) is 4.79 Å². The van der Waals surface area contributed by atoms with Gasteiger partial charge in [0, 0.05) is 25.0 Å². The number of rotatable bonds is 5. The van der Waals surface area contributed by atoms with Crippen molar-refractivity contribution >= 4 is 11.9 Å². The van der Waals surface area contributed by atoms with Crippen LogP contribution in [-0.4, -0.2) is 28.5 Å². The Morgan fingerprint density at radius 3 is 2.50 bits per heavy atom. The van der Waals surface area contributed by atoms with E-state index in [1.807, 2.05) is 20.8 Å². The average molecular weight is 222 g/mol. The lowest BCUT2D eigenvalue weighted by Gasteiger charge is -2.08. The molecule has 0 aliphatic carbocycles. The van der Waals surface area contributed by atoms with Crippen LogP contribution in [0.3, 0.4) is 0 Å². The number of hydrogen-bond donors (Lipinski definition) is 2. The maximum atomic E-state index is 11.5. The summed E-state index contributed by atoms with van der Waals surface area (Å²) in [5.41, 5.74) is 0.489. The molecule has 0 unspecified atom stereocenters. The zero-order valence-electron chi connectivity index (χ0n) is 9.95. The van der Waals surface area contributed by atoms with Crippen LogP contribution >= 0.6 is 0 Å². The third-order valence-electron chi connectivity index (χ3n) is 1.87. The van der Waals surface area contributed by atoms with Crippen LogP contribution in [-0.2, 0) is 0 Å². The number of hydrogen-bond acceptors (Lipinski definition) is 4. The molecule has 2 N–H and O–H groups in total. The molecule has 1 aromatic heterocycles. The fraction of sp³-hybridized carbons (Fsp3) is 0.545. The van der Waals surface area contributed by atoms with Crippen LogP contribution in [0.2, 0.25) is 0 Å². The second kappa shape index (κ2) is 6.05. The van der Waals surface area contributed by atoms with Gasteiger partial charge >= 0.3 is 0 Å². The summed E-state index contributed by atoms with van der Waals surface area (Å²) in [6, 6.07) is 0.278. The molecule has 5 heteroatoms. The summed E-state index contributed by atoms with van der Waals surface area (Å²) < 4.78 is 0. The van der Waals surface area contributed by atoms with Crippen molar-refractivity contribution < 1.29 is 4.79 Å². The molecule has 0 saturated heterocycles. The summed E-state index contributed by atoms with van der Waals surface area (Å²) in [6.07, 6.45) is 3.98. The summed E-state index contributed by atoms with van der Waals surface area (Å²) in [5.74, 6) is 0.417. The van der Waals surface area contributed by atoms with Gasteiger partial charge in [-0.05, 0) is 20.3 Å². The summed E-state index contributed by atoms with van der Waals surface area (Å²) >= 11 is 0. The largest absolute Gasteiger partial charge is 0.352 e. The number of nitrogens with one attached hydrogen (secondary N) is 2. The quantitative estimate of drug-likeness (QED) is 0.791. The van der Waals surface area contributed by atoms with Crippen LogP contribution < -0.4 is 10.6 Å². The van der Waals surface area contributed by atoms with Crippen molar-refractivity contribution in [2.24, 2.45) is 0 Å². The molecule has 0 bridgehead atoms. The van der Waals surface area contributed by atoms with E-state index in [2.05, 4.69) is 20.6 Å². The van der Waals surface area contributed by atoms with Gasteiger partial charge in [-0.1, -0.05) is 6.92 Å². The van der Waals surface area contributed by atoms with Gasteiger partial charge in [0.1, 0.15) is 0 Å². The molecule has 0 spiro atoms. The van der Waals surface area contributed by atoms with Crippen LogP contribution in [0.1, 0.15) is 37.6 Å². The number of amides is 1. The minimum atomic E-state index is -0.127. The van der Waals surface area contributed by atoms with Crippen molar-refractivity contribution in [3.63, 3.8) is 0 Å². The van der Waals surface area contributed by atoms with Gasteiger partial charge in [0.2, 0.25) is 5.95 Å². The standard InChI is InChI=1S/C11H18N4O/c1-4-5-12-10(16)9-6-13-11(14-7-9)15-8(2)3/h6-8H,4-5H2,1-3H3,(H,12,16)(H,13,14,15). The van der Waals surface area contributed by atoms with Gasteiger partial charge in [-0.15, -0.1) is 0 Å². The van der Waals surface area contributed by atoms with Crippen LogP contribution in [0.25, 0.3) is 0 Å². The Kier molecular flexibility index (Phi) is 4.69. The molecule has 0 radical (unpaired) electrons. The SMILES string of the molecule is CCCNC(=O)c1cnc(NC(C)C)nc1. The third-order valence-corrected chi connectivity index (χ3v) is 1.87. The average Bonchev–Trinajstić information content (AvgIpc) is 2.26. The molecule has 1 amide bonds. The number of nitrogens with zero attached hydrogens (tertiary/aromatic N) is 2. The summed E-state index contributed by atoms with van der Waals surface area (Å²) in [7, 11) is 0. The molecule has 0 atom stereocenters. The van der Waals surface area contributed by atoms with Gasteiger partial charge in [0.15, 0.2) is 0 Å². The lowest BCUT2D eigenvalue weighted by atomic mass is 10.3. The molecule has 5 nitrogen and oxygen atoms in total. The van der Waals surface area contributed by atoms with E-state index in [4.69, 9.17) is 0 Å². The van der Waals surface area contributed by atoms with Crippen molar-refractivity contribution in [1.29, 1.82) is 0 Å². The topological polar surface area (TPSA) is 66.9 Å². The minimum absolute atomic E-state index is 0.127. The Morgan fingerprint density at radius 1 is 1.38 bits per heavy atom. The van der Waals surface area contributed by atoms with E-state index in [0.29, 0.717) is 18.1 Å². The minimum Gasteiger partial charge on any atom is -0.352 e. The van der Waals surface area contributed by atoms with Crippen LogP contribution in [0.15, 0.2) is 12.4 Å². The first-order chi connectivity index (χ1) is 7.63. The van der Waals surface area contributed by atoms with E-state index < -0.39 is 0 Å². The van der Waals surface area contributed by atoms with Crippen LogP contribution in [0, 0.1) is 0 Å². The molecule has 1 rings (SSSR count). The Morgan fingerprint density at radius 2 is 2.00 bits per heavy atom. The van der Waals surface area contributed by atoms with Gasteiger partial charge < -0.3 is 10.6 Å². The predicted octanol–water partition coefficient (Wildman–Crippen LogP) is 1.44. The van der Waals surface area contributed by atoms with Gasteiger partial charge in [-0.25, -0.2) is 9.97 Å². The number of carbonyl (C=O) groups excluding carboxylic acids is 1. The molecule has 0 fully saturated rings. The van der Waals surface area contributed by atoms with Gasteiger partial charge in [-0.3, -0.25) is 4.79 Å². The number of anilines is 1. The fourth-order valence-electron chi connectivity index (χ4n) is 1.12. The van der Waals surface area contributed by atoms with Crippen molar-refractivity contribution in [3.05, 3.63) is 18.0 Å². The Balaban J connectivity index is 2.60. The van der Waals surface area contributed by atoms with E-state index in [-0.39, 0.29) is 11.9 Å². The van der Waals surface area contributed by atoms with Crippen LogP contribution in [0.4, 0.5) is 5.95 Å². The third kappa shape index (κ3) is 3.84. The monoisotopic (exact) mass is 222 g/mol. The van der Waals surface area contributed by atoms with Crippen LogP contribution in [0.5, 0.6) is 0 Å². The highest BCUT2D eigenvalue weighted by Crippen LogP contribution is 2.01. The zero-order valence-corrected chi connectivity index (χ0v) is 9.95. The Labute approximate surface area is 95.7 Å². The molecule has 0 aromatic carbocycles. The van der Waals surface area contributed by atoms with Gasteiger partial charge in [0.25, 0.3) is 5.91 Å². The molecule has 16 heavy (non-hydrogen) atoms. The number of aromatic nitrogens is 2. The van der Waals surface area contributed by atoms with E-state index >= 15 is 0 Å². The highest BCUT2D eigenvalue weighted by molar-refractivity contribution is 5.93. The summed E-state index contributed by atoms with van der Waals surface area (Å²) in [6.45, 7) is 6.69. The summed E-state index contributed by atoms with van der Waals surface area (Å²) in [5, 5.41) is 5.83. The molecule has 1 aromatic rings. The van der Waals surface area contributed by atoms with Gasteiger partial charge in [0.05, 0.1) is 5.56 Å². The first kappa shape index (κ1) is 12.4. The Hall–Kier alpha value is -1.65. The van der Waals surface area contributed by atoms with Crippen molar-refractivity contribution in [2.75, 3.05) is 11.9 Å². The van der Waals surface area contributed by atoms with Crippen molar-refractivity contribution in [3.8, 4) is 0 Å². The van der Waals surface area contributed by atoms with Gasteiger partial charge in [-0.2, -0.15) is 0 Å². The normalized spacial score (nSPS) is 10.2. The first-order valence-corrected chi connectivity index (χ1v) is 5.50.